The number of anilines is 1. The molecule has 2 aromatic rings. The maximum Gasteiger partial charge on any atom is 0.143 e. The first kappa shape index (κ1) is 13.1. The van der Waals surface area contributed by atoms with Crippen molar-refractivity contribution in [2.75, 3.05) is 5.32 Å². The van der Waals surface area contributed by atoms with Gasteiger partial charge in [0.05, 0.1) is 11.4 Å². The summed E-state index contributed by atoms with van der Waals surface area (Å²) in [5.74, 6) is 0. The van der Waals surface area contributed by atoms with Gasteiger partial charge in [0.1, 0.15) is 6.33 Å². The van der Waals surface area contributed by atoms with E-state index in [-0.39, 0.29) is 0 Å². The Morgan fingerprint density at radius 3 is 2.90 bits per heavy atom. The van der Waals surface area contributed by atoms with Crippen molar-refractivity contribution in [1.29, 1.82) is 0 Å². The topological polar surface area (TPSA) is 55.6 Å². The van der Waals surface area contributed by atoms with Crippen LogP contribution in [0, 0.1) is 5.41 Å². The van der Waals surface area contributed by atoms with E-state index in [1.165, 1.54) is 25.7 Å². The number of hydrogen-bond donors (Lipinski definition) is 1. The second-order valence-corrected chi connectivity index (χ2v) is 6.37. The molecule has 0 aliphatic heterocycles. The van der Waals surface area contributed by atoms with Crippen molar-refractivity contribution in [3.05, 3.63) is 30.6 Å². The highest BCUT2D eigenvalue weighted by atomic mass is 15.5. The maximum absolute atomic E-state index is 3.98. The van der Waals surface area contributed by atoms with Gasteiger partial charge < -0.3 is 5.32 Å². The molecule has 1 aliphatic carbocycles. The fraction of sp³-hybridized carbons (Fsp3) is 0.533. The van der Waals surface area contributed by atoms with Crippen molar-refractivity contribution >= 4 is 5.69 Å². The largest absolute Gasteiger partial charge is 0.381 e. The van der Waals surface area contributed by atoms with Crippen LogP contribution in [0.15, 0.2) is 30.6 Å². The summed E-state index contributed by atoms with van der Waals surface area (Å²) in [5, 5.41) is 15.1. The molecule has 1 atom stereocenters. The molecule has 0 amide bonds. The molecule has 106 valence electrons. The van der Waals surface area contributed by atoms with Crippen molar-refractivity contribution < 1.29 is 0 Å². The average molecular weight is 271 g/mol. The number of para-hydroxylation sites is 2. The predicted octanol–water partition coefficient (Wildman–Crippen LogP) is 3.04. The van der Waals surface area contributed by atoms with Gasteiger partial charge in [-0.3, -0.25) is 0 Å². The van der Waals surface area contributed by atoms with Crippen LogP contribution in [0.25, 0.3) is 5.69 Å². The minimum atomic E-state index is 0.430. The van der Waals surface area contributed by atoms with Crippen molar-refractivity contribution in [2.45, 2.75) is 45.6 Å². The van der Waals surface area contributed by atoms with Crippen LogP contribution in [-0.2, 0) is 0 Å². The zero-order chi connectivity index (χ0) is 14.0. The summed E-state index contributed by atoms with van der Waals surface area (Å²) in [7, 11) is 0. The zero-order valence-corrected chi connectivity index (χ0v) is 12.1. The second kappa shape index (κ2) is 5.23. The van der Waals surface area contributed by atoms with Crippen LogP contribution in [0.5, 0.6) is 0 Å². The standard InChI is InChI=1S/C15H21N5/c1-15(2)9-5-6-12(10-15)17-13-7-3-4-8-14(13)20-11-16-18-19-20/h3-4,7-8,11-12,17H,5-6,9-10H2,1-2H3. The van der Waals surface area contributed by atoms with E-state index in [2.05, 4.69) is 40.8 Å². The third-order valence-electron chi connectivity index (χ3n) is 4.06. The summed E-state index contributed by atoms with van der Waals surface area (Å²) in [6.07, 6.45) is 6.67. The zero-order valence-electron chi connectivity index (χ0n) is 12.1. The Hall–Kier alpha value is -1.91. The van der Waals surface area contributed by atoms with E-state index >= 15 is 0 Å². The Morgan fingerprint density at radius 1 is 1.30 bits per heavy atom. The molecule has 0 radical (unpaired) electrons. The second-order valence-electron chi connectivity index (χ2n) is 6.37. The van der Waals surface area contributed by atoms with Gasteiger partial charge in [-0.15, -0.1) is 5.10 Å². The van der Waals surface area contributed by atoms with E-state index in [4.69, 9.17) is 0 Å². The fourth-order valence-electron chi connectivity index (χ4n) is 3.11. The molecular weight excluding hydrogens is 250 g/mol. The summed E-state index contributed by atoms with van der Waals surface area (Å²) in [6.45, 7) is 4.71. The lowest BCUT2D eigenvalue weighted by Gasteiger charge is -2.36. The van der Waals surface area contributed by atoms with Crippen molar-refractivity contribution in [1.82, 2.24) is 20.2 Å². The van der Waals surface area contributed by atoms with Crippen molar-refractivity contribution in [3.8, 4) is 5.69 Å². The normalized spacial score (nSPS) is 21.6. The molecule has 1 saturated carbocycles. The number of nitrogens with zero attached hydrogens (tertiary/aromatic N) is 4. The van der Waals surface area contributed by atoms with Gasteiger partial charge in [-0.05, 0) is 47.2 Å². The SMILES string of the molecule is CC1(C)CCCC(Nc2ccccc2-n2cnnn2)C1. The number of rotatable bonds is 3. The number of nitrogens with one attached hydrogen (secondary N) is 1. The molecule has 1 N–H and O–H groups in total. The molecule has 1 aromatic heterocycles. The van der Waals surface area contributed by atoms with Crippen LogP contribution in [0.2, 0.25) is 0 Å². The lowest BCUT2D eigenvalue weighted by atomic mass is 9.75. The minimum Gasteiger partial charge on any atom is -0.381 e. The molecular formula is C15H21N5. The Balaban J connectivity index is 1.81. The Kier molecular flexibility index (Phi) is 3.42. The van der Waals surface area contributed by atoms with E-state index in [1.54, 1.807) is 11.0 Å². The number of aromatic nitrogens is 4. The first-order valence-electron chi connectivity index (χ1n) is 7.23. The molecule has 3 rings (SSSR count). The van der Waals surface area contributed by atoms with Crippen molar-refractivity contribution in [2.24, 2.45) is 5.41 Å². The molecule has 5 heteroatoms. The summed E-state index contributed by atoms with van der Waals surface area (Å²) in [5.41, 5.74) is 2.53. The molecule has 1 unspecified atom stereocenters. The molecule has 1 aliphatic rings. The monoisotopic (exact) mass is 271 g/mol. The Bertz CT molecular complexity index is 561. The summed E-state index contributed by atoms with van der Waals surface area (Å²) in [6, 6.07) is 8.71. The molecule has 5 nitrogen and oxygen atoms in total. The number of benzene rings is 1. The van der Waals surface area contributed by atoms with Crippen LogP contribution >= 0.6 is 0 Å². The quantitative estimate of drug-likeness (QED) is 0.932. The van der Waals surface area contributed by atoms with Gasteiger partial charge in [0.15, 0.2) is 0 Å². The van der Waals surface area contributed by atoms with Crippen molar-refractivity contribution in [3.63, 3.8) is 0 Å². The number of hydrogen-bond acceptors (Lipinski definition) is 4. The Morgan fingerprint density at radius 2 is 2.15 bits per heavy atom. The van der Waals surface area contributed by atoms with E-state index in [1.807, 2.05) is 18.2 Å². The fourth-order valence-corrected chi connectivity index (χ4v) is 3.11. The third-order valence-corrected chi connectivity index (χ3v) is 4.06. The van der Waals surface area contributed by atoms with Crippen LogP contribution in [-0.4, -0.2) is 26.2 Å². The summed E-state index contributed by atoms with van der Waals surface area (Å²) in [4.78, 5) is 0. The predicted molar refractivity (Wildman–Crippen MR) is 78.8 cm³/mol. The number of tetrazole rings is 1. The highest BCUT2D eigenvalue weighted by molar-refractivity contribution is 5.60. The maximum atomic E-state index is 3.98. The van der Waals surface area contributed by atoms with Gasteiger partial charge in [-0.1, -0.05) is 32.4 Å². The highest BCUT2D eigenvalue weighted by Gasteiger charge is 2.28. The van der Waals surface area contributed by atoms with Crippen LogP contribution < -0.4 is 5.32 Å². The molecule has 0 saturated heterocycles. The molecule has 1 fully saturated rings. The Labute approximate surface area is 119 Å². The molecule has 20 heavy (non-hydrogen) atoms. The van der Waals surface area contributed by atoms with E-state index in [9.17, 15) is 0 Å². The summed E-state index contributed by atoms with van der Waals surface area (Å²) >= 11 is 0. The lowest BCUT2D eigenvalue weighted by molar-refractivity contribution is 0.229. The van der Waals surface area contributed by atoms with Gasteiger partial charge in [0.2, 0.25) is 0 Å². The van der Waals surface area contributed by atoms with Gasteiger partial charge in [-0.2, -0.15) is 4.68 Å². The van der Waals surface area contributed by atoms with Gasteiger partial charge >= 0.3 is 0 Å². The highest BCUT2D eigenvalue weighted by Crippen LogP contribution is 2.36. The van der Waals surface area contributed by atoms with E-state index in [0.29, 0.717) is 11.5 Å². The first-order valence-corrected chi connectivity index (χ1v) is 7.23. The van der Waals surface area contributed by atoms with E-state index in [0.717, 1.165) is 11.4 Å². The average Bonchev–Trinajstić information content (AvgIpc) is 2.92. The molecule has 1 aromatic carbocycles. The van der Waals surface area contributed by atoms with Gasteiger partial charge in [0.25, 0.3) is 0 Å². The van der Waals surface area contributed by atoms with Gasteiger partial charge in [0, 0.05) is 6.04 Å². The smallest absolute Gasteiger partial charge is 0.143 e. The van der Waals surface area contributed by atoms with Crippen LogP contribution in [0.4, 0.5) is 5.69 Å². The minimum absolute atomic E-state index is 0.430. The molecule has 0 spiro atoms. The summed E-state index contributed by atoms with van der Waals surface area (Å²) < 4.78 is 1.70. The van der Waals surface area contributed by atoms with Crippen LogP contribution in [0.1, 0.15) is 39.5 Å². The molecule has 0 bridgehead atoms. The van der Waals surface area contributed by atoms with Crippen LogP contribution in [0.3, 0.4) is 0 Å². The molecule has 1 heterocycles. The lowest BCUT2D eigenvalue weighted by Crippen LogP contribution is -2.32. The van der Waals surface area contributed by atoms with E-state index < -0.39 is 0 Å². The first-order chi connectivity index (χ1) is 9.64. The van der Waals surface area contributed by atoms with Gasteiger partial charge in [-0.25, -0.2) is 0 Å². The third kappa shape index (κ3) is 2.81.